The van der Waals surface area contributed by atoms with Crippen LogP contribution in [0.15, 0.2) is 41.2 Å². The van der Waals surface area contributed by atoms with Crippen LogP contribution in [0.5, 0.6) is 0 Å². The summed E-state index contributed by atoms with van der Waals surface area (Å²) in [5.41, 5.74) is 3.66. The van der Waals surface area contributed by atoms with Gasteiger partial charge in [0.05, 0.1) is 5.75 Å². The Labute approximate surface area is 209 Å². The molecular weight excluding hydrogens is 490 g/mol. The highest BCUT2D eigenvalue weighted by Gasteiger charge is 2.27. The number of aromatic nitrogens is 1. The average molecular weight is 518 g/mol. The van der Waals surface area contributed by atoms with Crippen molar-refractivity contribution in [2.75, 3.05) is 5.75 Å². The monoisotopic (exact) mass is 517 g/mol. The van der Waals surface area contributed by atoms with Crippen LogP contribution >= 0.6 is 11.6 Å². The zero-order valence-corrected chi connectivity index (χ0v) is 21.0. The minimum atomic E-state index is -3.67. The Hall–Kier alpha value is -2.91. The lowest BCUT2D eigenvalue weighted by molar-refractivity contribution is -0.119. The topological polar surface area (TPSA) is 125 Å². The molecule has 1 atom stereocenters. The minimum Gasteiger partial charge on any atom is -0.350 e. The fourth-order valence-electron chi connectivity index (χ4n) is 4.30. The molecule has 2 aliphatic rings. The van der Waals surface area contributed by atoms with Gasteiger partial charge in [-0.25, -0.2) is 8.42 Å². The predicted octanol–water partition coefficient (Wildman–Crippen LogP) is 3.01. The first-order valence-corrected chi connectivity index (χ1v) is 13.7. The number of benzene rings is 1. The first-order chi connectivity index (χ1) is 16.6. The summed E-state index contributed by atoms with van der Waals surface area (Å²) in [4.78, 5) is 38.4. The van der Waals surface area contributed by atoms with Crippen LogP contribution in [0.3, 0.4) is 0 Å². The largest absolute Gasteiger partial charge is 0.350 e. The third-order valence-electron chi connectivity index (χ3n) is 6.17. The van der Waals surface area contributed by atoms with Crippen molar-refractivity contribution in [3.05, 3.63) is 74.2 Å². The molecule has 8 nitrogen and oxygen atoms in total. The number of carbonyl (C=O) groups excluding carboxylic acids is 2. The predicted molar refractivity (Wildman–Crippen MR) is 135 cm³/mol. The summed E-state index contributed by atoms with van der Waals surface area (Å²) in [7, 11) is -3.67. The van der Waals surface area contributed by atoms with Gasteiger partial charge in [0.2, 0.25) is 21.8 Å². The standard InChI is InChI=1S/C25H28ClN3O5S/c1-15(30)29-35(33,34)12-2-3-17-6-7-18(13-22(17)26)21(14-19-8-11-24(31)27-19)23-10-9-20(16-4-5-16)25(32)28-23/h6-7,9-10,13-14,16,19H,2-5,8,11-12H2,1H3,(H,27,31)(H,28,32)(H,29,30)/b21-14+/t19-/m1/s1. The molecular formula is C25H28ClN3O5S. The highest BCUT2D eigenvalue weighted by Crippen LogP contribution is 2.38. The van der Waals surface area contributed by atoms with E-state index in [0.29, 0.717) is 42.3 Å². The lowest BCUT2D eigenvalue weighted by atomic mass is 9.96. The lowest BCUT2D eigenvalue weighted by Crippen LogP contribution is -2.30. The maximum Gasteiger partial charge on any atom is 0.251 e. The number of hydrogen-bond acceptors (Lipinski definition) is 5. The highest BCUT2D eigenvalue weighted by atomic mass is 35.5. The zero-order chi connectivity index (χ0) is 25.2. The van der Waals surface area contributed by atoms with Crippen LogP contribution in [-0.4, -0.2) is 37.0 Å². The van der Waals surface area contributed by atoms with Crippen LogP contribution in [0, 0.1) is 0 Å². The molecule has 2 fully saturated rings. The van der Waals surface area contributed by atoms with Crippen molar-refractivity contribution in [2.45, 2.75) is 57.4 Å². The summed E-state index contributed by atoms with van der Waals surface area (Å²) in [6.45, 7) is 1.15. The molecule has 3 N–H and O–H groups in total. The quantitative estimate of drug-likeness (QED) is 0.471. The number of halogens is 1. The second kappa shape index (κ2) is 10.4. The number of H-pyrrole nitrogens is 1. The Morgan fingerprint density at radius 2 is 1.94 bits per heavy atom. The van der Waals surface area contributed by atoms with Gasteiger partial charge in [-0.05, 0) is 61.3 Å². The number of pyridine rings is 1. The molecule has 0 unspecified atom stereocenters. The molecule has 1 saturated carbocycles. The number of amides is 2. The molecule has 1 aromatic heterocycles. The number of sulfonamides is 1. The number of rotatable bonds is 9. The number of aryl methyl sites for hydroxylation is 1. The van der Waals surface area contributed by atoms with E-state index in [1.54, 1.807) is 6.07 Å². The number of hydrogen-bond donors (Lipinski definition) is 3. The van der Waals surface area contributed by atoms with Gasteiger partial charge in [-0.15, -0.1) is 0 Å². The third kappa shape index (κ3) is 6.61. The molecule has 0 bridgehead atoms. The lowest BCUT2D eigenvalue weighted by Gasteiger charge is -2.14. The van der Waals surface area contributed by atoms with Crippen molar-refractivity contribution in [3.63, 3.8) is 0 Å². The molecule has 1 aliphatic carbocycles. The normalized spacial score (nSPS) is 18.4. The molecule has 1 saturated heterocycles. The van der Waals surface area contributed by atoms with Crippen LogP contribution in [0.2, 0.25) is 5.02 Å². The first kappa shape index (κ1) is 25.2. The summed E-state index contributed by atoms with van der Waals surface area (Å²) >= 11 is 6.55. The van der Waals surface area contributed by atoms with Crippen molar-refractivity contribution >= 4 is 39.0 Å². The number of nitrogens with one attached hydrogen (secondary N) is 3. The van der Waals surface area contributed by atoms with Crippen molar-refractivity contribution in [3.8, 4) is 0 Å². The van der Waals surface area contributed by atoms with Crippen LogP contribution < -0.4 is 15.6 Å². The van der Waals surface area contributed by atoms with Crippen molar-refractivity contribution < 1.29 is 18.0 Å². The second-order valence-corrected chi connectivity index (χ2v) is 11.4. The SMILES string of the molecule is CC(=O)NS(=O)(=O)CCCc1ccc(/C(=C\[C@H]2CCC(=O)N2)c2ccc(C3CC3)c(=O)[nH]2)cc1Cl. The number of carbonyl (C=O) groups is 2. The van der Waals surface area contributed by atoms with Crippen LogP contribution in [0.25, 0.3) is 5.57 Å². The van der Waals surface area contributed by atoms with E-state index in [9.17, 15) is 22.8 Å². The molecule has 10 heteroatoms. The summed E-state index contributed by atoms with van der Waals surface area (Å²) < 4.78 is 25.7. The molecule has 35 heavy (non-hydrogen) atoms. The Kier molecular flexibility index (Phi) is 7.47. The van der Waals surface area contributed by atoms with Crippen LogP contribution in [0.4, 0.5) is 0 Å². The van der Waals surface area contributed by atoms with E-state index in [4.69, 9.17) is 11.6 Å². The maximum atomic E-state index is 12.7. The van der Waals surface area contributed by atoms with Gasteiger partial charge in [0.15, 0.2) is 0 Å². The van der Waals surface area contributed by atoms with Gasteiger partial charge in [0.25, 0.3) is 5.56 Å². The summed E-state index contributed by atoms with van der Waals surface area (Å²) in [5.74, 6) is -0.483. The Morgan fingerprint density at radius 1 is 1.17 bits per heavy atom. The van der Waals surface area contributed by atoms with E-state index >= 15 is 0 Å². The van der Waals surface area contributed by atoms with Crippen molar-refractivity contribution in [2.24, 2.45) is 0 Å². The van der Waals surface area contributed by atoms with Gasteiger partial charge in [-0.2, -0.15) is 0 Å². The Balaban J connectivity index is 1.58. The maximum absolute atomic E-state index is 12.7. The van der Waals surface area contributed by atoms with Crippen molar-refractivity contribution in [1.29, 1.82) is 0 Å². The fourth-order valence-corrected chi connectivity index (χ4v) is 5.64. The Morgan fingerprint density at radius 3 is 2.54 bits per heavy atom. The molecule has 1 aliphatic heterocycles. The molecule has 0 radical (unpaired) electrons. The van der Waals surface area contributed by atoms with E-state index in [1.807, 2.05) is 35.1 Å². The van der Waals surface area contributed by atoms with Gasteiger partial charge in [0.1, 0.15) is 0 Å². The van der Waals surface area contributed by atoms with Gasteiger partial charge in [-0.3, -0.25) is 19.1 Å². The summed E-state index contributed by atoms with van der Waals surface area (Å²) in [6, 6.07) is 9.11. The molecule has 4 rings (SSSR count). The van der Waals surface area contributed by atoms with Gasteiger partial charge < -0.3 is 10.3 Å². The van der Waals surface area contributed by atoms with Crippen LogP contribution in [0.1, 0.15) is 67.3 Å². The molecule has 2 aromatic rings. The molecule has 1 aromatic carbocycles. The van der Waals surface area contributed by atoms with Gasteiger partial charge >= 0.3 is 0 Å². The summed E-state index contributed by atoms with van der Waals surface area (Å²) in [5, 5.41) is 3.40. The smallest absolute Gasteiger partial charge is 0.251 e. The minimum absolute atomic E-state index is 0.00855. The molecule has 0 spiro atoms. The molecule has 2 amide bonds. The van der Waals surface area contributed by atoms with Gasteiger partial charge in [0, 0.05) is 41.2 Å². The average Bonchev–Trinajstić information content (AvgIpc) is 3.53. The van der Waals surface area contributed by atoms with Crippen LogP contribution in [-0.2, 0) is 26.0 Å². The fraction of sp³-hybridized carbons (Fsp3) is 0.400. The van der Waals surface area contributed by atoms with E-state index < -0.39 is 15.9 Å². The third-order valence-corrected chi connectivity index (χ3v) is 7.94. The first-order valence-electron chi connectivity index (χ1n) is 11.7. The second-order valence-electron chi connectivity index (χ2n) is 9.11. The number of aromatic amines is 1. The molecule has 186 valence electrons. The van der Waals surface area contributed by atoms with Crippen molar-refractivity contribution in [1.82, 2.24) is 15.0 Å². The van der Waals surface area contributed by atoms with E-state index in [2.05, 4.69) is 10.3 Å². The van der Waals surface area contributed by atoms with E-state index in [-0.39, 0.29) is 23.3 Å². The van der Waals surface area contributed by atoms with Gasteiger partial charge in [-0.1, -0.05) is 35.9 Å². The van der Waals surface area contributed by atoms with E-state index in [1.165, 1.54) is 0 Å². The Bertz CT molecular complexity index is 1350. The van der Waals surface area contributed by atoms with E-state index in [0.717, 1.165) is 42.0 Å². The zero-order valence-electron chi connectivity index (χ0n) is 19.4. The summed E-state index contributed by atoms with van der Waals surface area (Å²) in [6.07, 6.45) is 5.84. The molecule has 2 heterocycles. The highest BCUT2D eigenvalue weighted by molar-refractivity contribution is 7.90.